The lowest BCUT2D eigenvalue weighted by Crippen LogP contribution is -2.12. The minimum absolute atomic E-state index is 0.392. The van der Waals surface area contributed by atoms with Crippen molar-refractivity contribution < 1.29 is 5.11 Å². The Kier molecular flexibility index (Phi) is 1.80. The van der Waals surface area contributed by atoms with Crippen LogP contribution < -0.4 is 0 Å². The molecule has 3 atom stereocenters. The van der Waals surface area contributed by atoms with E-state index < -0.39 is 6.10 Å². The highest BCUT2D eigenvalue weighted by atomic mass is 16.3. The minimum atomic E-state index is -0.392. The SMILES string of the molecule is OC(c1cnccn1)C1CC2CC2C1. The Morgan fingerprint density at radius 2 is 2.00 bits per heavy atom. The van der Waals surface area contributed by atoms with E-state index in [2.05, 4.69) is 9.97 Å². The van der Waals surface area contributed by atoms with Crippen LogP contribution in [0.15, 0.2) is 18.6 Å². The maximum atomic E-state index is 10.1. The Balaban J connectivity index is 1.73. The summed E-state index contributed by atoms with van der Waals surface area (Å²) in [5.74, 6) is 2.24. The first-order valence-electron chi connectivity index (χ1n) is 5.28. The van der Waals surface area contributed by atoms with Crippen molar-refractivity contribution in [2.24, 2.45) is 17.8 Å². The summed E-state index contributed by atoms with van der Waals surface area (Å²) in [5, 5.41) is 10.1. The lowest BCUT2D eigenvalue weighted by Gasteiger charge is -2.18. The van der Waals surface area contributed by atoms with Crippen LogP contribution in [0, 0.1) is 17.8 Å². The lowest BCUT2D eigenvalue weighted by molar-refractivity contribution is 0.0998. The first kappa shape index (κ1) is 8.36. The Bertz CT molecular complexity index is 317. The highest BCUT2D eigenvalue weighted by Crippen LogP contribution is 2.56. The van der Waals surface area contributed by atoms with Gasteiger partial charge in [-0.3, -0.25) is 9.97 Å². The molecule has 3 unspecified atom stereocenters. The molecule has 2 aliphatic carbocycles. The summed E-state index contributed by atoms with van der Waals surface area (Å²) in [6.45, 7) is 0. The van der Waals surface area contributed by atoms with Crippen molar-refractivity contribution in [3.05, 3.63) is 24.3 Å². The summed E-state index contributed by atoms with van der Waals surface area (Å²) in [6, 6.07) is 0. The van der Waals surface area contributed by atoms with Crippen molar-refractivity contribution in [1.29, 1.82) is 0 Å². The second-order valence-electron chi connectivity index (χ2n) is 4.56. The van der Waals surface area contributed by atoms with Gasteiger partial charge in [0.2, 0.25) is 0 Å². The number of hydrogen-bond acceptors (Lipinski definition) is 3. The van der Waals surface area contributed by atoms with E-state index in [1.54, 1.807) is 18.6 Å². The molecule has 2 aliphatic rings. The van der Waals surface area contributed by atoms with Crippen LogP contribution in [-0.4, -0.2) is 15.1 Å². The van der Waals surface area contributed by atoms with Crippen molar-refractivity contribution in [3.63, 3.8) is 0 Å². The molecule has 3 heteroatoms. The zero-order valence-electron chi connectivity index (χ0n) is 8.00. The summed E-state index contributed by atoms with van der Waals surface area (Å²) in [5.41, 5.74) is 0.735. The number of nitrogens with zero attached hydrogens (tertiary/aromatic N) is 2. The molecule has 0 aromatic carbocycles. The van der Waals surface area contributed by atoms with Crippen LogP contribution in [0.1, 0.15) is 31.1 Å². The number of aliphatic hydroxyl groups excluding tert-OH is 1. The fraction of sp³-hybridized carbons (Fsp3) is 0.636. The Morgan fingerprint density at radius 1 is 1.21 bits per heavy atom. The molecule has 3 nitrogen and oxygen atoms in total. The van der Waals surface area contributed by atoms with Gasteiger partial charge in [-0.05, 0) is 37.0 Å². The summed E-state index contributed by atoms with van der Waals surface area (Å²) in [7, 11) is 0. The molecule has 3 rings (SSSR count). The average Bonchev–Trinajstić information content (AvgIpc) is 2.86. The molecule has 0 saturated heterocycles. The smallest absolute Gasteiger partial charge is 0.100 e. The summed E-state index contributed by atoms with van der Waals surface area (Å²) in [4.78, 5) is 8.14. The van der Waals surface area contributed by atoms with Gasteiger partial charge < -0.3 is 5.11 Å². The van der Waals surface area contributed by atoms with Gasteiger partial charge in [-0.25, -0.2) is 0 Å². The molecule has 1 aromatic rings. The maximum Gasteiger partial charge on any atom is 0.100 e. The fourth-order valence-corrected chi connectivity index (χ4v) is 2.72. The largest absolute Gasteiger partial charge is 0.386 e. The first-order chi connectivity index (χ1) is 6.84. The molecule has 0 spiro atoms. The molecule has 74 valence electrons. The third-order valence-electron chi connectivity index (χ3n) is 3.61. The molecule has 1 N–H and O–H groups in total. The van der Waals surface area contributed by atoms with E-state index in [4.69, 9.17) is 0 Å². The molecular weight excluding hydrogens is 176 g/mol. The van der Waals surface area contributed by atoms with Gasteiger partial charge in [0.25, 0.3) is 0 Å². The third-order valence-corrected chi connectivity index (χ3v) is 3.61. The topological polar surface area (TPSA) is 46.0 Å². The zero-order valence-corrected chi connectivity index (χ0v) is 8.00. The van der Waals surface area contributed by atoms with E-state index in [1.165, 1.54) is 19.3 Å². The number of hydrogen-bond donors (Lipinski definition) is 1. The molecule has 2 saturated carbocycles. The van der Waals surface area contributed by atoms with Gasteiger partial charge in [-0.15, -0.1) is 0 Å². The molecule has 0 radical (unpaired) electrons. The number of aromatic nitrogens is 2. The van der Waals surface area contributed by atoms with E-state index in [1.807, 2.05) is 0 Å². The predicted octanol–water partition coefficient (Wildman–Crippen LogP) is 1.56. The van der Waals surface area contributed by atoms with Crippen LogP contribution in [0.4, 0.5) is 0 Å². The van der Waals surface area contributed by atoms with Gasteiger partial charge in [-0.1, -0.05) is 0 Å². The average molecular weight is 190 g/mol. The van der Waals surface area contributed by atoms with E-state index >= 15 is 0 Å². The van der Waals surface area contributed by atoms with Crippen molar-refractivity contribution in [2.75, 3.05) is 0 Å². The van der Waals surface area contributed by atoms with Gasteiger partial charge in [0.05, 0.1) is 11.9 Å². The van der Waals surface area contributed by atoms with Gasteiger partial charge in [0, 0.05) is 12.4 Å². The van der Waals surface area contributed by atoms with Crippen molar-refractivity contribution in [3.8, 4) is 0 Å². The normalized spacial score (nSPS) is 36.5. The lowest BCUT2D eigenvalue weighted by atomic mass is 9.95. The highest BCUT2D eigenvalue weighted by molar-refractivity contribution is 5.06. The Morgan fingerprint density at radius 3 is 2.64 bits per heavy atom. The van der Waals surface area contributed by atoms with Crippen LogP contribution in [0.25, 0.3) is 0 Å². The summed E-state index contributed by atoms with van der Waals surface area (Å²) >= 11 is 0. The van der Waals surface area contributed by atoms with E-state index in [0.29, 0.717) is 5.92 Å². The minimum Gasteiger partial charge on any atom is -0.386 e. The highest BCUT2D eigenvalue weighted by Gasteiger charge is 2.48. The summed E-state index contributed by atoms with van der Waals surface area (Å²) in [6.07, 6.45) is 8.33. The Labute approximate surface area is 83.2 Å². The predicted molar refractivity (Wildman–Crippen MR) is 51.3 cm³/mol. The second-order valence-corrected chi connectivity index (χ2v) is 4.56. The van der Waals surface area contributed by atoms with Crippen LogP contribution >= 0.6 is 0 Å². The third kappa shape index (κ3) is 1.32. The molecule has 1 aromatic heterocycles. The van der Waals surface area contributed by atoms with Crippen molar-refractivity contribution >= 4 is 0 Å². The molecule has 2 fully saturated rings. The van der Waals surface area contributed by atoms with E-state index in [-0.39, 0.29) is 0 Å². The van der Waals surface area contributed by atoms with E-state index in [9.17, 15) is 5.11 Å². The number of rotatable bonds is 2. The summed E-state index contributed by atoms with van der Waals surface area (Å²) < 4.78 is 0. The Hall–Kier alpha value is -0.960. The van der Waals surface area contributed by atoms with E-state index in [0.717, 1.165) is 17.5 Å². The second kappa shape index (κ2) is 3.02. The van der Waals surface area contributed by atoms with Gasteiger partial charge in [0.15, 0.2) is 0 Å². The van der Waals surface area contributed by atoms with Gasteiger partial charge in [-0.2, -0.15) is 0 Å². The molecule has 1 heterocycles. The molecule has 0 amide bonds. The maximum absolute atomic E-state index is 10.1. The van der Waals surface area contributed by atoms with Gasteiger partial charge >= 0.3 is 0 Å². The van der Waals surface area contributed by atoms with Crippen LogP contribution in [0.2, 0.25) is 0 Å². The monoisotopic (exact) mass is 190 g/mol. The fourth-order valence-electron chi connectivity index (χ4n) is 2.72. The molecule has 14 heavy (non-hydrogen) atoms. The number of fused-ring (bicyclic) bond motifs is 1. The van der Waals surface area contributed by atoms with Crippen LogP contribution in [0.3, 0.4) is 0 Å². The first-order valence-corrected chi connectivity index (χ1v) is 5.28. The van der Waals surface area contributed by atoms with Crippen molar-refractivity contribution in [2.45, 2.75) is 25.4 Å². The van der Waals surface area contributed by atoms with Crippen molar-refractivity contribution in [1.82, 2.24) is 9.97 Å². The molecule has 0 bridgehead atoms. The molecular formula is C11H14N2O. The number of aliphatic hydroxyl groups is 1. The quantitative estimate of drug-likeness (QED) is 0.769. The standard InChI is InChI=1S/C11H14N2O/c14-11(10-6-12-1-2-13-10)9-4-7-3-8(7)5-9/h1-2,6-9,11,14H,3-5H2. The molecule has 0 aliphatic heterocycles. The van der Waals surface area contributed by atoms with Gasteiger partial charge in [0.1, 0.15) is 6.10 Å². The van der Waals surface area contributed by atoms with Crippen LogP contribution in [-0.2, 0) is 0 Å². The zero-order chi connectivity index (χ0) is 9.54. The van der Waals surface area contributed by atoms with Crippen LogP contribution in [0.5, 0.6) is 0 Å².